The molecule has 0 aromatic carbocycles. The van der Waals surface area contributed by atoms with Crippen molar-refractivity contribution in [1.82, 2.24) is 20.9 Å². The van der Waals surface area contributed by atoms with Crippen LogP contribution in [-0.2, 0) is 11.2 Å². The third-order valence-electron chi connectivity index (χ3n) is 2.75. The highest BCUT2D eigenvalue weighted by Crippen LogP contribution is 2.18. The van der Waals surface area contributed by atoms with E-state index in [0.717, 1.165) is 12.8 Å². The maximum atomic E-state index is 11.4. The number of amides is 3. The van der Waals surface area contributed by atoms with Crippen molar-refractivity contribution in [3.8, 4) is 0 Å². The van der Waals surface area contributed by atoms with Crippen molar-refractivity contribution in [3.63, 3.8) is 0 Å². The molecule has 9 heteroatoms. The Hall–Kier alpha value is -2.16. The van der Waals surface area contributed by atoms with E-state index in [1.54, 1.807) is 0 Å². The minimum atomic E-state index is -1.06. The first-order chi connectivity index (χ1) is 10.0. The molecule has 0 spiro atoms. The second-order valence-electron chi connectivity index (χ2n) is 4.63. The number of aromatic carboxylic acids is 1. The Balaban J connectivity index is 1.59. The molecule has 1 fully saturated rings. The smallest absolute Gasteiger partial charge is 0.355 e. The molecule has 4 N–H and O–H groups in total. The molecule has 3 amide bonds. The van der Waals surface area contributed by atoms with Crippen LogP contribution in [0.25, 0.3) is 0 Å². The third-order valence-corrected chi connectivity index (χ3v) is 3.66. The van der Waals surface area contributed by atoms with Crippen LogP contribution in [0.1, 0.15) is 28.3 Å². The van der Waals surface area contributed by atoms with E-state index >= 15 is 0 Å². The van der Waals surface area contributed by atoms with E-state index in [-0.39, 0.29) is 24.2 Å². The second-order valence-corrected chi connectivity index (χ2v) is 5.58. The van der Waals surface area contributed by atoms with Crippen LogP contribution in [0.15, 0.2) is 5.38 Å². The summed E-state index contributed by atoms with van der Waals surface area (Å²) in [6.07, 6.45) is 2.45. The highest BCUT2D eigenvalue weighted by atomic mass is 32.1. The summed E-state index contributed by atoms with van der Waals surface area (Å²) >= 11 is 1.23. The Kier molecular flexibility index (Phi) is 5.09. The lowest BCUT2D eigenvalue weighted by Crippen LogP contribution is -2.43. The van der Waals surface area contributed by atoms with Crippen molar-refractivity contribution in [2.24, 2.45) is 0 Å². The number of carboxylic acid groups (broad SMARTS) is 1. The highest BCUT2D eigenvalue weighted by Gasteiger charge is 2.23. The minimum absolute atomic E-state index is 0.0104. The molecule has 1 saturated carbocycles. The number of urea groups is 1. The molecule has 1 aromatic rings. The largest absolute Gasteiger partial charge is 0.476 e. The van der Waals surface area contributed by atoms with Gasteiger partial charge in [0.2, 0.25) is 5.91 Å². The lowest BCUT2D eigenvalue weighted by Gasteiger charge is -2.07. The Morgan fingerprint density at radius 1 is 1.33 bits per heavy atom. The first-order valence-corrected chi connectivity index (χ1v) is 7.41. The molecule has 21 heavy (non-hydrogen) atoms. The number of hydrogen-bond acceptors (Lipinski definition) is 5. The van der Waals surface area contributed by atoms with E-state index in [4.69, 9.17) is 5.11 Å². The average molecular weight is 312 g/mol. The Morgan fingerprint density at radius 3 is 2.71 bits per heavy atom. The van der Waals surface area contributed by atoms with Crippen molar-refractivity contribution < 1.29 is 19.5 Å². The zero-order valence-electron chi connectivity index (χ0n) is 11.2. The second kappa shape index (κ2) is 7.02. The van der Waals surface area contributed by atoms with E-state index in [1.807, 2.05) is 0 Å². The normalized spacial score (nSPS) is 13.5. The molecule has 0 radical (unpaired) electrons. The number of thiazole rings is 1. The number of carboxylic acids is 1. The van der Waals surface area contributed by atoms with Gasteiger partial charge in [0.05, 0.1) is 11.6 Å². The Labute approximate surface area is 124 Å². The zero-order chi connectivity index (χ0) is 15.2. The fourth-order valence-electron chi connectivity index (χ4n) is 1.54. The van der Waals surface area contributed by atoms with Gasteiger partial charge in [-0.05, 0) is 12.8 Å². The number of aromatic nitrogens is 1. The summed E-state index contributed by atoms with van der Waals surface area (Å²) in [6.45, 7) is 0.269. The van der Waals surface area contributed by atoms with Gasteiger partial charge >= 0.3 is 12.0 Å². The molecule has 1 aliphatic carbocycles. The fourth-order valence-corrected chi connectivity index (χ4v) is 2.31. The van der Waals surface area contributed by atoms with Crippen molar-refractivity contribution in [3.05, 3.63) is 16.1 Å². The number of nitrogens with one attached hydrogen (secondary N) is 3. The van der Waals surface area contributed by atoms with Crippen LogP contribution in [0.2, 0.25) is 0 Å². The maximum Gasteiger partial charge on any atom is 0.355 e. The topological polar surface area (TPSA) is 120 Å². The van der Waals surface area contributed by atoms with Gasteiger partial charge in [-0.1, -0.05) is 0 Å². The van der Waals surface area contributed by atoms with Crippen LogP contribution in [-0.4, -0.2) is 47.1 Å². The van der Waals surface area contributed by atoms with Gasteiger partial charge in [0.15, 0.2) is 5.69 Å². The Bertz CT molecular complexity index is 541. The summed E-state index contributed by atoms with van der Waals surface area (Å²) in [5.41, 5.74) is 0.0104. The summed E-state index contributed by atoms with van der Waals surface area (Å²) in [5, 5.41) is 18.6. The number of nitrogens with zero attached hydrogens (tertiary/aromatic N) is 1. The molecule has 0 unspecified atom stereocenters. The van der Waals surface area contributed by atoms with Crippen molar-refractivity contribution in [1.29, 1.82) is 0 Å². The van der Waals surface area contributed by atoms with Gasteiger partial charge in [-0.25, -0.2) is 14.6 Å². The lowest BCUT2D eigenvalue weighted by molar-refractivity contribution is -0.120. The predicted octanol–water partition coefficient (Wildman–Crippen LogP) is -0.0384. The third kappa shape index (κ3) is 5.38. The molecule has 1 aliphatic rings. The molecule has 1 heterocycles. The number of carbonyl (C=O) groups excluding carboxylic acids is 2. The van der Waals surface area contributed by atoms with Crippen LogP contribution in [0.4, 0.5) is 4.79 Å². The standard InChI is InChI=1S/C12H16N4O4S/c17-9(15-7-1-2-7)5-14-12(20)13-4-3-10-16-8(6-21-10)11(18)19/h6-7H,1-5H2,(H,15,17)(H,18,19)(H2,13,14,20). The summed E-state index contributed by atoms with van der Waals surface area (Å²) in [6, 6.07) is -0.161. The predicted molar refractivity (Wildman–Crippen MR) is 75.3 cm³/mol. The van der Waals surface area contributed by atoms with Crippen LogP contribution in [0.3, 0.4) is 0 Å². The maximum absolute atomic E-state index is 11.4. The highest BCUT2D eigenvalue weighted by molar-refractivity contribution is 7.09. The fraction of sp³-hybridized carbons (Fsp3) is 0.500. The van der Waals surface area contributed by atoms with E-state index in [9.17, 15) is 14.4 Å². The van der Waals surface area contributed by atoms with Gasteiger partial charge in [-0.15, -0.1) is 11.3 Å². The molecule has 114 valence electrons. The minimum Gasteiger partial charge on any atom is -0.476 e. The summed E-state index contributed by atoms with van der Waals surface area (Å²) in [4.78, 5) is 37.3. The average Bonchev–Trinajstić information content (AvgIpc) is 3.11. The van der Waals surface area contributed by atoms with Gasteiger partial charge in [0, 0.05) is 24.4 Å². The van der Waals surface area contributed by atoms with Crippen LogP contribution in [0.5, 0.6) is 0 Å². The summed E-state index contributed by atoms with van der Waals surface area (Å²) < 4.78 is 0. The van der Waals surface area contributed by atoms with E-state index in [1.165, 1.54) is 16.7 Å². The molecule has 0 aliphatic heterocycles. The zero-order valence-corrected chi connectivity index (χ0v) is 12.0. The molecule has 1 aromatic heterocycles. The Morgan fingerprint density at radius 2 is 2.10 bits per heavy atom. The van der Waals surface area contributed by atoms with Gasteiger partial charge in [-0.3, -0.25) is 4.79 Å². The van der Waals surface area contributed by atoms with Crippen molar-refractivity contribution >= 4 is 29.2 Å². The van der Waals surface area contributed by atoms with Crippen LogP contribution in [0, 0.1) is 0 Å². The number of hydrogen-bond donors (Lipinski definition) is 4. The lowest BCUT2D eigenvalue weighted by atomic mass is 10.4. The van der Waals surface area contributed by atoms with Gasteiger partial charge < -0.3 is 21.1 Å². The summed E-state index contributed by atoms with van der Waals surface area (Å²) in [7, 11) is 0. The molecule has 0 bridgehead atoms. The van der Waals surface area contributed by atoms with E-state index < -0.39 is 12.0 Å². The van der Waals surface area contributed by atoms with E-state index in [0.29, 0.717) is 18.0 Å². The van der Waals surface area contributed by atoms with E-state index in [2.05, 4.69) is 20.9 Å². The number of carbonyl (C=O) groups is 3. The van der Waals surface area contributed by atoms with Crippen LogP contribution >= 0.6 is 11.3 Å². The van der Waals surface area contributed by atoms with Gasteiger partial charge in [0.25, 0.3) is 0 Å². The first-order valence-electron chi connectivity index (χ1n) is 6.53. The molecular weight excluding hydrogens is 296 g/mol. The molecule has 0 saturated heterocycles. The van der Waals surface area contributed by atoms with Crippen molar-refractivity contribution in [2.75, 3.05) is 13.1 Å². The number of rotatable bonds is 7. The molecule has 0 atom stereocenters. The van der Waals surface area contributed by atoms with Gasteiger partial charge in [-0.2, -0.15) is 0 Å². The monoisotopic (exact) mass is 312 g/mol. The molecular formula is C12H16N4O4S. The van der Waals surface area contributed by atoms with Crippen LogP contribution < -0.4 is 16.0 Å². The first kappa shape index (κ1) is 15.2. The van der Waals surface area contributed by atoms with Crippen molar-refractivity contribution in [2.45, 2.75) is 25.3 Å². The quantitative estimate of drug-likeness (QED) is 0.563. The molecule has 2 rings (SSSR count). The molecule has 8 nitrogen and oxygen atoms in total. The summed E-state index contributed by atoms with van der Waals surface area (Å²) in [5.74, 6) is -1.26. The SMILES string of the molecule is O=C(CNC(=O)NCCc1nc(C(=O)O)cs1)NC1CC1. The van der Waals surface area contributed by atoms with Gasteiger partial charge in [0.1, 0.15) is 0 Å².